The van der Waals surface area contributed by atoms with Crippen molar-refractivity contribution in [2.24, 2.45) is 12.8 Å². The topological polar surface area (TPSA) is 56.3 Å². The standard InChI is InChI=1S/C13H26N4O/c1-6-17(10(2)9-18-5)13(7-14)12-8-16(4)15-11(12)3/h8,10,13H,6-7,9,14H2,1-5H3. The number of aryl methyl sites for hydroxylation is 2. The minimum atomic E-state index is 0.203. The first-order valence-electron chi connectivity index (χ1n) is 6.50. The summed E-state index contributed by atoms with van der Waals surface area (Å²) in [5, 5.41) is 4.41. The zero-order chi connectivity index (χ0) is 13.7. The van der Waals surface area contributed by atoms with Gasteiger partial charge in [0.1, 0.15) is 0 Å². The summed E-state index contributed by atoms with van der Waals surface area (Å²) >= 11 is 0. The second-order valence-corrected chi connectivity index (χ2v) is 4.73. The van der Waals surface area contributed by atoms with E-state index in [-0.39, 0.29) is 6.04 Å². The molecule has 0 aromatic carbocycles. The number of nitrogens with zero attached hydrogens (tertiary/aromatic N) is 3. The molecule has 1 heterocycles. The lowest BCUT2D eigenvalue weighted by atomic mass is 10.0. The Morgan fingerprint density at radius 2 is 2.22 bits per heavy atom. The molecule has 0 aliphatic carbocycles. The molecule has 1 rings (SSSR count). The van der Waals surface area contributed by atoms with E-state index < -0.39 is 0 Å². The zero-order valence-corrected chi connectivity index (χ0v) is 12.2. The Kier molecular flexibility index (Phi) is 5.78. The van der Waals surface area contributed by atoms with Crippen molar-refractivity contribution in [2.75, 3.05) is 26.8 Å². The van der Waals surface area contributed by atoms with E-state index in [2.05, 4.69) is 30.0 Å². The van der Waals surface area contributed by atoms with Crippen LogP contribution in [0.2, 0.25) is 0 Å². The number of rotatable bonds is 7. The number of methoxy groups -OCH3 is 1. The SMILES string of the molecule is CCN(C(C)COC)C(CN)c1cn(C)nc1C. The van der Waals surface area contributed by atoms with Gasteiger partial charge in [0, 0.05) is 38.5 Å². The monoisotopic (exact) mass is 254 g/mol. The quantitative estimate of drug-likeness (QED) is 0.791. The van der Waals surface area contributed by atoms with E-state index >= 15 is 0 Å². The van der Waals surface area contributed by atoms with E-state index in [9.17, 15) is 0 Å². The Morgan fingerprint density at radius 3 is 2.61 bits per heavy atom. The number of nitrogens with two attached hydrogens (primary N) is 1. The molecule has 2 atom stereocenters. The van der Waals surface area contributed by atoms with Crippen molar-refractivity contribution in [3.63, 3.8) is 0 Å². The summed E-state index contributed by atoms with van der Waals surface area (Å²) in [5.41, 5.74) is 8.24. The third kappa shape index (κ3) is 3.31. The van der Waals surface area contributed by atoms with Crippen molar-refractivity contribution >= 4 is 0 Å². The van der Waals surface area contributed by atoms with Crippen LogP contribution in [0, 0.1) is 6.92 Å². The molecule has 5 nitrogen and oxygen atoms in total. The van der Waals surface area contributed by atoms with Crippen molar-refractivity contribution in [2.45, 2.75) is 32.9 Å². The van der Waals surface area contributed by atoms with Crippen LogP contribution in [0.15, 0.2) is 6.20 Å². The summed E-state index contributed by atoms with van der Waals surface area (Å²) < 4.78 is 7.10. The van der Waals surface area contributed by atoms with Gasteiger partial charge in [-0.15, -0.1) is 0 Å². The fourth-order valence-electron chi connectivity index (χ4n) is 2.56. The van der Waals surface area contributed by atoms with Gasteiger partial charge in [0.25, 0.3) is 0 Å². The Hall–Kier alpha value is -0.910. The van der Waals surface area contributed by atoms with Gasteiger partial charge >= 0.3 is 0 Å². The van der Waals surface area contributed by atoms with Crippen molar-refractivity contribution in [3.8, 4) is 0 Å². The molecule has 0 amide bonds. The average Bonchev–Trinajstić information content (AvgIpc) is 2.65. The Labute approximate surface area is 110 Å². The zero-order valence-electron chi connectivity index (χ0n) is 12.2. The van der Waals surface area contributed by atoms with Crippen LogP contribution < -0.4 is 5.73 Å². The highest BCUT2D eigenvalue weighted by molar-refractivity contribution is 5.21. The minimum absolute atomic E-state index is 0.203. The summed E-state index contributed by atoms with van der Waals surface area (Å²) in [6.07, 6.45) is 2.06. The molecule has 1 aromatic heterocycles. The predicted molar refractivity (Wildman–Crippen MR) is 73.5 cm³/mol. The summed E-state index contributed by atoms with van der Waals surface area (Å²) in [7, 11) is 3.68. The molecule has 2 N–H and O–H groups in total. The van der Waals surface area contributed by atoms with E-state index in [1.165, 1.54) is 5.56 Å². The molecular formula is C13H26N4O. The molecule has 0 aliphatic rings. The molecule has 104 valence electrons. The number of aromatic nitrogens is 2. The molecule has 5 heteroatoms. The number of likely N-dealkylation sites (N-methyl/N-ethyl adjacent to an activating group) is 1. The van der Waals surface area contributed by atoms with E-state index in [0.29, 0.717) is 19.2 Å². The molecule has 0 aliphatic heterocycles. The van der Waals surface area contributed by atoms with Gasteiger partial charge in [-0.3, -0.25) is 9.58 Å². The first-order chi connectivity index (χ1) is 8.54. The van der Waals surface area contributed by atoms with E-state index in [0.717, 1.165) is 12.2 Å². The van der Waals surface area contributed by atoms with E-state index in [1.54, 1.807) is 7.11 Å². The van der Waals surface area contributed by atoms with Gasteiger partial charge in [-0.05, 0) is 20.4 Å². The normalized spacial score (nSPS) is 15.1. The molecule has 2 unspecified atom stereocenters. The van der Waals surface area contributed by atoms with Crippen molar-refractivity contribution in [3.05, 3.63) is 17.5 Å². The predicted octanol–water partition coefficient (Wildman–Crippen LogP) is 1.09. The van der Waals surface area contributed by atoms with Crippen LogP contribution in [-0.2, 0) is 11.8 Å². The van der Waals surface area contributed by atoms with Crippen LogP contribution in [0.25, 0.3) is 0 Å². The third-order valence-corrected chi connectivity index (χ3v) is 3.37. The smallest absolute Gasteiger partial charge is 0.0641 e. The van der Waals surface area contributed by atoms with Crippen molar-refractivity contribution < 1.29 is 4.74 Å². The molecule has 18 heavy (non-hydrogen) atoms. The Balaban J connectivity index is 2.96. The summed E-state index contributed by atoms with van der Waals surface area (Å²) in [5.74, 6) is 0. The Morgan fingerprint density at radius 1 is 1.56 bits per heavy atom. The molecule has 0 saturated heterocycles. The van der Waals surface area contributed by atoms with Crippen LogP contribution in [0.1, 0.15) is 31.1 Å². The van der Waals surface area contributed by atoms with Gasteiger partial charge < -0.3 is 10.5 Å². The van der Waals surface area contributed by atoms with Crippen LogP contribution in [0.4, 0.5) is 0 Å². The first-order valence-corrected chi connectivity index (χ1v) is 6.50. The molecule has 1 aromatic rings. The molecular weight excluding hydrogens is 228 g/mol. The first kappa shape index (κ1) is 15.1. The highest BCUT2D eigenvalue weighted by Gasteiger charge is 2.25. The lowest BCUT2D eigenvalue weighted by Gasteiger charge is -2.34. The molecule has 0 saturated carbocycles. The van der Waals surface area contributed by atoms with E-state index in [1.807, 2.05) is 18.7 Å². The maximum absolute atomic E-state index is 5.97. The summed E-state index contributed by atoms with van der Waals surface area (Å²) in [6, 6.07) is 0.544. The third-order valence-electron chi connectivity index (χ3n) is 3.37. The Bertz CT molecular complexity index is 364. The van der Waals surface area contributed by atoms with Gasteiger partial charge in [0.2, 0.25) is 0 Å². The maximum atomic E-state index is 5.97. The van der Waals surface area contributed by atoms with Crippen LogP contribution >= 0.6 is 0 Å². The van der Waals surface area contributed by atoms with Crippen molar-refractivity contribution in [1.82, 2.24) is 14.7 Å². The molecule has 0 spiro atoms. The van der Waals surface area contributed by atoms with Gasteiger partial charge in [-0.25, -0.2) is 0 Å². The number of hydrogen-bond donors (Lipinski definition) is 1. The van der Waals surface area contributed by atoms with Crippen LogP contribution in [0.5, 0.6) is 0 Å². The number of ether oxygens (including phenoxy) is 1. The van der Waals surface area contributed by atoms with Gasteiger partial charge in [0.05, 0.1) is 18.3 Å². The average molecular weight is 254 g/mol. The second-order valence-electron chi connectivity index (χ2n) is 4.73. The van der Waals surface area contributed by atoms with Crippen LogP contribution in [-0.4, -0.2) is 47.5 Å². The van der Waals surface area contributed by atoms with Gasteiger partial charge in [-0.2, -0.15) is 5.10 Å². The van der Waals surface area contributed by atoms with E-state index in [4.69, 9.17) is 10.5 Å². The van der Waals surface area contributed by atoms with Gasteiger partial charge in [0.15, 0.2) is 0 Å². The minimum Gasteiger partial charge on any atom is -0.383 e. The molecule has 0 bridgehead atoms. The summed E-state index contributed by atoms with van der Waals surface area (Å²) in [4.78, 5) is 2.37. The largest absolute Gasteiger partial charge is 0.383 e. The van der Waals surface area contributed by atoms with Gasteiger partial charge in [-0.1, -0.05) is 6.92 Å². The maximum Gasteiger partial charge on any atom is 0.0641 e. The highest BCUT2D eigenvalue weighted by atomic mass is 16.5. The fraction of sp³-hybridized carbons (Fsp3) is 0.769. The fourth-order valence-corrected chi connectivity index (χ4v) is 2.56. The number of hydrogen-bond acceptors (Lipinski definition) is 4. The summed E-state index contributed by atoms with van der Waals surface area (Å²) in [6.45, 7) is 8.60. The molecule has 0 radical (unpaired) electrons. The molecule has 0 fully saturated rings. The highest BCUT2D eigenvalue weighted by Crippen LogP contribution is 2.24. The lowest BCUT2D eigenvalue weighted by molar-refractivity contribution is 0.0749. The second kappa shape index (κ2) is 6.87. The van der Waals surface area contributed by atoms with Crippen molar-refractivity contribution in [1.29, 1.82) is 0 Å². The lowest BCUT2D eigenvalue weighted by Crippen LogP contribution is -2.42. The van der Waals surface area contributed by atoms with Crippen LogP contribution in [0.3, 0.4) is 0 Å².